The topological polar surface area (TPSA) is 183 Å². The highest BCUT2D eigenvalue weighted by molar-refractivity contribution is 6.22. The van der Waals surface area contributed by atoms with Crippen LogP contribution in [0.2, 0.25) is 0 Å². The van der Waals surface area contributed by atoms with Gasteiger partial charge in [-0.05, 0) is 56.4 Å². The van der Waals surface area contributed by atoms with E-state index in [1.165, 1.54) is 0 Å². The average molecular weight is 506 g/mol. The van der Waals surface area contributed by atoms with Gasteiger partial charge in [0.25, 0.3) is 5.91 Å². The largest absolute Gasteiger partial charge is 0.508 e. The number of nitrogens with one attached hydrogen (secondary N) is 1. The number of Topliss-reactive ketones (excluding diaryl/α,β-unsaturated/α-hetero) is 2. The van der Waals surface area contributed by atoms with Crippen LogP contribution in [0.4, 0.5) is 5.69 Å². The number of nitrogens with two attached hydrogens (primary N) is 1. The summed E-state index contributed by atoms with van der Waals surface area (Å²) in [6.45, 7) is 3.76. The van der Waals surface area contributed by atoms with Gasteiger partial charge in [-0.2, -0.15) is 0 Å². The molecule has 0 radical (unpaired) electrons. The SMILES string of the molecule is CC(C)Nc1cc(-c2ccccn2)c2c(c1O)C(O)=C1C(=O)[C@]3(O)C(O)=C(C(N)=O)C(=O)C[C@@H]3C[C@@H]1C2. The van der Waals surface area contributed by atoms with Gasteiger partial charge < -0.3 is 31.5 Å². The Kier molecular flexibility index (Phi) is 5.60. The van der Waals surface area contributed by atoms with Crippen LogP contribution in [0.3, 0.4) is 0 Å². The van der Waals surface area contributed by atoms with Crippen LogP contribution in [0.5, 0.6) is 5.75 Å². The van der Waals surface area contributed by atoms with Gasteiger partial charge in [-0.25, -0.2) is 0 Å². The molecule has 37 heavy (non-hydrogen) atoms. The summed E-state index contributed by atoms with van der Waals surface area (Å²) in [4.78, 5) is 42.5. The molecular formula is C27H27N3O7. The Morgan fingerprint density at radius 3 is 2.54 bits per heavy atom. The van der Waals surface area contributed by atoms with Crippen LogP contribution in [0.1, 0.15) is 37.8 Å². The van der Waals surface area contributed by atoms with Crippen molar-refractivity contribution in [3.8, 4) is 17.0 Å². The van der Waals surface area contributed by atoms with Gasteiger partial charge in [0.1, 0.15) is 22.8 Å². The van der Waals surface area contributed by atoms with Crippen molar-refractivity contribution < 1.29 is 34.8 Å². The second kappa shape index (κ2) is 8.45. The Morgan fingerprint density at radius 1 is 1.19 bits per heavy atom. The zero-order valence-electron chi connectivity index (χ0n) is 20.3. The molecule has 1 aromatic carbocycles. The minimum Gasteiger partial charge on any atom is -0.508 e. The van der Waals surface area contributed by atoms with Gasteiger partial charge in [-0.3, -0.25) is 19.4 Å². The molecule has 1 heterocycles. The zero-order chi connectivity index (χ0) is 26.8. The van der Waals surface area contributed by atoms with Crippen LogP contribution in [0.25, 0.3) is 17.0 Å². The Hall–Kier alpha value is -4.18. The molecule has 1 amide bonds. The molecule has 0 unspecified atom stereocenters. The molecule has 3 aliphatic carbocycles. The average Bonchev–Trinajstić information content (AvgIpc) is 2.83. The lowest BCUT2D eigenvalue weighted by Gasteiger charge is -2.46. The third-order valence-electron chi connectivity index (χ3n) is 7.45. The normalized spacial score (nSPS) is 25.1. The third-order valence-corrected chi connectivity index (χ3v) is 7.45. The first kappa shape index (κ1) is 24.5. The quantitative estimate of drug-likeness (QED) is 0.268. The van der Waals surface area contributed by atoms with Gasteiger partial charge in [0, 0.05) is 35.7 Å². The van der Waals surface area contributed by atoms with E-state index in [9.17, 15) is 34.8 Å². The summed E-state index contributed by atoms with van der Waals surface area (Å²) in [5, 5.41) is 47.9. The Balaban J connectivity index is 1.75. The molecule has 0 spiro atoms. The number of aliphatic hydroxyl groups excluding tert-OH is 2. The number of aromatic hydroxyl groups is 1. The summed E-state index contributed by atoms with van der Waals surface area (Å²) in [5.41, 5.74) is 3.80. The van der Waals surface area contributed by atoms with Crippen molar-refractivity contribution in [3.05, 3.63) is 58.5 Å². The number of amides is 1. The minimum absolute atomic E-state index is 0.0263. The number of ketones is 2. The van der Waals surface area contributed by atoms with Crippen LogP contribution < -0.4 is 11.1 Å². The fourth-order valence-corrected chi connectivity index (χ4v) is 5.86. The molecule has 1 fully saturated rings. The Morgan fingerprint density at radius 2 is 1.92 bits per heavy atom. The van der Waals surface area contributed by atoms with Gasteiger partial charge in [0.15, 0.2) is 11.4 Å². The lowest BCUT2D eigenvalue weighted by molar-refractivity contribution is -0.147. The van der Waals surface area contributed by atoms with Crippen LogP contribution in [0, 0.1) is 11.8 Å². The molecule has 5 rings (SSSR count). The molecule has 192 valence electrons. The predicted octanol–water partition coefficient (Wildman–Crippen LogP) is 2.31. The molecule has 10 nitrogen and oxygen atoms in total. The highest BCUT2D eigenvalue weighted by atomic mass is 16.3. The van der Waals surface area contributed by atoms with E-state index < -0.39 is 52.0 Å². The summed E-state index contributed by atoms with van der Waals surface area (Å²) in [5.74, 6) is -6.57. The van der Waals surface area contributed by atoms with E-state index in [-0.39, 0.29) is 42.2 Å². The first-order chi connectivity index (χ1) is 17.5. The number of hydrogen-bond donors (Lipinski definition) is 6. The monoisotopic (exact) mass is 505 g/mol. The van der Waals surface area contributed by atoms with Crippen LogP contribution >= 0.6 is 0 Å². The molecule has 0 saturated heterocycles. The van der Waals surface area contributed by atoms with Gasteiger partial charge in [0.05, 0.1) is 16.9 Å². The van der Waals surface area contributed by atoms with Crippen molar-refractivity contribution in [2.24, 2.45) is 17.6 Å². The van der Waals surface area contributed by atoms with Crippen molar-refractivity contribution in [2.75, 3.05) is 5.32 Å². The highest BCUT2D eigenvalue weighted by Gasteiger charge is 2.60. The number of phenols is 1. The summed E-state index contributed by atoms with van der Waals surface area (Å²) >= 11 is 0. The maximum Gasteiger partial charge on any atom is 0.255 e. The summed E-state index contributed by atoms with van der Waals surface area (Å²) in [6, 6.07) is 7.04. The smallest absolute Gasteiger partial charge is 0.255 e. The van der Waals surface area contributed by atoms with E-state index in [4.69, 9.17) is 5.73 Å². The maximum absolute atomic E-state index is 13.7. The molecule has 7 N–H and O–H groups in total. The lowest BCUT2D eigenvalue weighted by atomic mass is 9.59. The van der Waals surface area contributed by atoms with Gasteiger partial charge in [-0.15, -0.1) is 0 Å². The van der Waals surface area contributed by atoms with Gasteiger partial charge in [-0.1, -0.05) is 6.07 Å². The predicted molar refractivity (Wildman–Crippen MR) is 133 cm³/mol. The fraction of sp³-hybridized carbons (Fsp3) is 0.333. The van der Waals surface area contributed by atoms with E-state index in [0.29, 0.717) is 22.5 Å². The minimum atomic E-state index is -2.59. The van der Waals surface area contributed by atoms with Crippen molar-refractivity contribution in [1.82, 2.24) is 4.98 Å². The number of benzene rings is 1. The summed E-state index contributed by atoms with van der Waals surface area (Å²) in [7, 11) is 0. The number of phenolic OH excluding ortho intramolecular Hbond substituents is 1. The second-order valence-electron chi connectivity index (χ2n) is 10.1. The Labute approximate surface area is 212 Å². The van der Waals surface area contributed by atoms with Crippen molar-refractivity contribution in [1.29, 1.82) is 0 Å². The van der Waals surface area contributed by atoms with Gasteiger partial charge >= 0.3 is 0 Å². The highest BCUT2D eigenvalue weighted by Crippen LogP contribution is 2.54. The van der Waals surface area contributed by atoms with Crippen molar-refractivity contribution in [2.45, 2.75) is 44.8 Å². The molecule has 3 aliphatic rings. The molecule has 1 aromatic heterocycles. The Bertz CT molecular complexity index is 1430. The number of hydrogen-bond acceptors (Lipinski definition) is 9. The second-order valence-corrected chi connectivity index (χ2v) is 10.1. The molecule has 2 aromatic rings. The number of pyridine rings is 1. The number of anilines is 1. The number of aliphatic hydroxyl groups is 3. The number of primary amides is 1. The number of nitrogens with zero attached hydrogens (tertiary/aromatic N) is 1. The van der Waals surface area contributed by atoms with Crippen molar-refractivity contribution in [3.63, 3.8) is 0 Å². The lowest BCUT2D eigenvalue weighted by Crippen LogP contribution is -2.58. The number of carbonyl (C=O) groups is 3. The van der Waals surface area contributed by atoms with Crippen LogP contribution in [-0.2, 0) is 20.8 Å². The van der Waals surface area contributed by atoms with Crippen LogP contribution in [0.15, 0.2) is 47.4 Å². The molecule has 1 saturated carbocycles. The van der Waals surface area contributed by atoms with E-state index >= 15 is 0 Å². The van der Waals surface area contributed by atoms with E-state index in [1.54, 1.807) is 24.4 Å². The molecule has 0 bridgehead atoms. The van der Waals surface area contributed by atoms with E-state index in [0.717, 1.165) is 0 Å². The first-order valence-electron chi connectivity index (χ1n) is 12.0. The third kappa shape index (κ3) is 3.51. The molecule has 10 heteroatoms. The van der Waals surface area contributed by atoms with E-state index in [1.807, 2.05) is 19.9 Å². The number of carbonyl (C=O) groups excluding carboxylic acids is 3. The molecule has 3 atom stereocenters. The standard InChI is InChI=1S/C27H27N3O7/c1-11(2)30-17-10-14(16-5-3-4-6-29-16)15-8-12-7-13-9-18(31)21(26(28)36)25(35)27(13,37)24(34)19(12)23(33)20(15)22(17)32/h3-6,10-13,30,32-33,35,37H,7-9H2,1-2H3,(H2,28,36)/t12-,13+,27+/m1/s1. The number of rotatable bonds is 4. The van der Waals surface area contributed by atoms with Gasteiger partial charge in [0.2, 0.25) is 5.78 Å². The number of aromatic nitrogens is 1. The fourth-order valence-electron chi connectivity index (χ4n) is 5.86. The first-order valence-corrected chi connectivity index (χ1v) is 12.0. The molecule has 0 aliphatic heterocycles. The van der Waals surface area contributed by atoms with Crippen LogP contribution in [-0.4, -0.2) is 54.5 Å². The number of fused-ring (bicyclic) bond motifs is 3. The summed E-state index contributed by atoms with van der Waals surface area (Å²) < 4.78 is 0. The molecular weight excluding hydrogens is 478 g/mol. The zero-order valence-corrected chi connectivity index (χ0v) is 20.3. The maximum atomic E-state index is 13.7. The summed E-state index contributed by atoms with van der Waals surface area (Å²) in [6.07, 6.45) is 1.53. The van der Waals surface area contributed by atoms with E-state index in [2.05, 4.69) is 10.3 Å². The van der Waals surface area contributed by atoms with Crippen molar-refractivity contribution >= 4 is 28.9 Å².